The first-order chi connectivity index (χ1) is 56.9. The third-order valence-corrected chi connectivity index (χ3v) is 23.3. The lowest BCUT2D eigenvalue weighted by Crippen LogP contribution is -2.50. The average Bonchev–Trinajstić information content (AvgIpc) is 1.34. The number of hydrogen-bond donors (Lipinski definition) is 13. The van der Waals surface area contributed by atoms with Gasteiger partial charge in [0.05, 0.1) is 37.3 Å². The number of carbonyl (C=O) groups is 17. The van der Waals surface area contributed by atoms with Gasteiger partial charge in [-0.3, -0.25) is 67.2 Å². The molecule has 0 spiro atoms. The maximum absolute atomic E-state index is 15.1. The van der Waals surface area contributed by atoms with Crippen LogP contribution in [-0.2, 0) is 101 Å². The van der Waals surface area contributed by atoms with Crippen molar-refractivity contribution in [2.45, 2.75) is 220 Å². The Labute approximate surface area is 708 Å². The molecule has 13 N–H and O–H groups in total. The number of nitrogens with zero attached hydrogens (tertiary/aromatic N) is 3. The molecule has 39 heteroatoms. The van der Waals surface area contributed by atoms with E-state index in [0.717, 1.165) is 57.9 Å². The predicted molar refractivity (Wildman–Crippen MR) is 441 cm³/mol. The second-order valence-electron chi connectivity index (χ2n) is 30.1. The van der Waals surface area contributed by atoms with Crippen molar-refractivity contribution in [2.75, 3.05) is 58.1 Å². The van der Waals surface area contributed by atoms with Crippen LogP contribution in [0.1, 0.15) is 202 Å². The van der Waals surface area contributed by atoms with Crippen LogP contribution in [0.25, 0.3) is 0 Å². The summed E-state index contributed by atoms with van der Waals surface area (Å²) in [6, 6.07) is 5.51. The molecule has 1 saturated heterocycles. The molecule has 3 aromatic rings. The third-order valence-electron chi connectivity index (χ3n) is 20.0. The maximum atomic E-state index is 15.1. The number of piperidine rings is 1. The first kappa shape index (κ1) is 102. The van der Waals surface area contributed by atoms with Gasteiger partial charge in [-0.2, -0.15) is 0 Å². The number of hydrogen-bond acceptors (Lipinski definition) is 26. The van der Waals surface area contributed by atoms with Gasteiger partial charge in [-0.1, -0.05) is 112 Å². The van der Waals surface area contributed by atoms with Gasteiger partial charge in [0.25, 0.3) is 0 Å². The number of aromatic nitrogens is 1. The molecule has 0 bridgehead atoms. The zero-order valence-electron chi connectivity index (χ0n) is 69.0. The zero-order valence-corrected chi connectivity index (χ0v) is 71.5. The van der Waals surface area contributed by atoms with E-state index in [-0.39, 0.29) is 148 Å². The topological polar surface area (TPSA) is 543 Å². The second-order valence-corrected chi connectivity index (χ2v) is 33.6. The molecule has 1 aliphatic heterocycles. The van der Waals surface area contributed by atoms with E-state index in [1.54, 1.807) is 31.2 Å². The van der Waals surface area contributed by atoms with Crippen LogP contribution in [-0.4, -0.2) is 234 Å². The molecule has 36 nitrogen and oxygen atoms in total. The summed E-state index contributed by atoms with van der Waals surface area (Å²) in [5.41, 5.74) is 1.76. The van der Waals surface area contributed by atoms with Gasteiger partial charge >= 0.3 is 59.8 Å². The van der Waals surface area contributed by atoms with Crippen molar-refractivity contribution >= 4 is 134 Å². The Morgan fingerprint density at radius 2 is 1.32 bits per heavy atom. The number of nitrogens with one attached hydrogen (secondary N) is 7. The number of aromatic hydroxyl groups is 1. The number of carboxylic acids is 5. The molecule has 8 amide bonds. The van der Waals surface area contributed by atoms with Gasteiger partial charge in [0, 0.05) is 99.8 Å². The maximum Gasteiger partial charge on any atom is 0.327 e. The summed E-state index contributed by atoms with van der Waals surface area (Å²) >= 11 is 1.07. The van der Waals surface area contributed by atoms with E-state index in [2.05, 4.69) is 37.2 Å². The molecule has 120 heavy (non-hydrogen) atoms. The van der Waals surface area contributed by atoms with Crippen LogP contribution < -0.4 is 37.2 Å². The van der Waals surface area contributed by atoms with Crippen molar-refractivity contribution in [2.24, 2.45) is 35.5 Å². The number of carbonyl (C=O) groups excluding carboxylic acids is 12. The molecule has 11 atom stereocenters. The quantitative estimate of drug-likeness (QED) is 0.00674. The number of Topliss-reactive ketones (excluding diaryl/α,β-unsaturated/α-hetero) is 3. The number of phenolic OH excluding ortho intramolecular Hbond substituents is 1. The van der Waals surface area contributed by atoms with E-state index in [1.165, 1.54) is 41.5 Å². The number of thiazole rings is 1. The van der Waals surface area contributed by atoms with E-state index >= 15 is 4.79 Å². The summed E-state index contributed by atoms with van der Waals surface area (Å²) in [6.07, 6.45) is 0.301. The molecule has 2 heterocycles. The van der Waals surface area contributed by atoms with Crippen molar-refractivity contribution in [1.82, 2.24) is 52.0 Å². The van der Waals surface area contributed by atoms with Crippen LogP contribution in [0.2, 0.25) is 0 Å². The first-order valence-corrected chi connectivity index (χ1v) is 43.4. The summed E-state index contributed by atoms with van der Waals surface area (Å²) < 4.78 is 17.0. The van der Waals surface area contributed by atoms with E-state index in [4.69, 9.17) is 24.3 Å². The van der Waals surface area contributed by atoms with Crippen molar-refractivity contribution in [3.63, 3.8) is 0 Å². The average molecular weight is 1740 g/mol. The van der Waals surface area contributed by atoms with Gasteiger partial charge in [-0.05, 0) is 118 Å². The highest BCUT2D eigenvalue weighted by atomic mass is 33.1. The van der Waals surface area contributed by atoms with Crippen LogP contribution in [0.5, 0.6) is 5.75 Å². The zero-order chi connectivity index (χ0) is 89.1. The molecule has 0 aliphatic carbocycles. The van der Waals surface area contributed by atoms with Gasteiger partial charge in [-0.15, -0.1) is 11.3 Å². The molecule has 0 radical (unpaired) electrons. The number of ether oxygens (including phenoxy) is 3. The van der Waals surface area contributed by atoms with Gasteiger partial charge < -0.3 is 87.0 Å². The number of urea groups is 2. The lowest BCUT2D eigenvalue weighted by Gasteiger charge is -2.39. The standard InChI is InChI=1S/C81H116N10O26S3/c1-9-16-72(104)116-46-91(77(108)57(48(5)10-2)39-66(96)62-18-12-14-30-90(62)8)63(47(3)4)41-67(117-50(7)92)76-88-60(44-118-76)64(94)35-54(34-51-24-26-56(93)27-25-51)33-49(6)74(106)84-43-73(105)115-31-32-119-120-45-61(79(111)112)87-75(107)55(38-70(100)101)37-65(95)59(40-71(102)103)86-68(97)36-52-20-22-53(23-21-52)42-85-80(113)82-28-13-11-17-58(78(109)110)89-81(114)83-29-15-19-69(98)99/h20-27,44,47-49,54-55,57-59,61-63,67,93H,9-19,28-43,45-46H2,1-8H3,(H,84,106)(H,86,97)(H,87,107)(H,98,99)(H,100,101)(H,102,103)(H,109,110)(H,111,112)(H2,82,85,113)(H2,83,89,114)/t48?,49-,54+,55-,57-,58-,59-,61-,62+,63+,67+/m0/s1. The Bertz CT molecular complexity index is 3940. The van der Waals surface area contributed by atoms with E-state index in [9.17, 15) is 102 Å². The fraction of sp³-hybridized carbons (Fsp3) is 0.605. The number of amides is 8. The number of benzene rings is 2. The number of rotatable bonds is 58. The number of aliphatic carboxylic acids is 5. The fourth-order valence-corrected chi connectivity index (χ4v) is 16.1. The second kappa shape index (κ2) is 54.1. The lowest BCUT2D eigenvalue weighted by molar-refractivity contribution is -0.162. The van der Waals surface area contributed by atoms with Crippen LogP contribution in [0, 0.1) is 35.5 Å². The number of likely N-dealkylation sites (N-methyl/N-ethyl adjacent to an activating group) is 1. The summed E-state index contributed by atoms with van der Waals surface area (Å²) in [6.45, 7) is 12.0. The molecular weight excluding hydrogens is 1630 g/mol. The monoisotopic (exact) mass is 1740 g/mol. The molecule has 1 unspecified atom stereocenters. The van der Waals surface area contributed by atoms with E-state index in [1.807, 2.05) is 46.6 Å². The van der Waals surface area contributed by atoms with Gasteiger partial charge in [0.15, 0.2) is 30.2 Å². The summed E-state index contributed by atoms with van der Waals surface area (Å²) in [5.74, 6) is -18.0. The highest BCUT2D eigenvalue weighted by Gasteiger charge is 2.41. The predicted octanol–water partition coefficient (Wildman–Crippen LogP) is 7.01. The number of esters is 3. The molecular formula is C81H116N10O26S3. The summed E-state index contributed by atoms with van der Waals surface area (Å²) in [7, 11) is 3.87. The molecule has 2 aromatic carbocycles. The minimum absolute atomic E-state index is 0.00217. The van der Waals surface area contributed by atoms with Crippen LogP contribution in [0.4, 0.5) is 9.59 Å². The van der Waals surface area contributed by atoms with Crippen LogP contribution in [0.3, 0.4) is 0 Å². The number of phenols is 1. The number of unbranched alkanes of at least 4 members (excludes halogenated alkanes) is 1. The van der Waals surface area contributed by atoms with Crippen molar-refractivity contribution in [1.29, 1.82) is 0 Å². The van der Waals surface area contributed by atoms with Gasteiger partial charge in [0.1, 0.15) is 41.7 Å². The van der Waals surface area contributed by atoms with E-state index in [0.29, 0.717) is 43.2 Å². The van der Waals surface area contributed by atoms with Crippen molar-refractivity contribution in [3.05, 3.63) is 81.3 Å². The number of likely N-dealkylation sites (tertiary alicyclic amines) is 1. The molecule has 1 fully saturated rings. The normalized spacial score (nSPS) is 15.2. The Kier molecular flexibility index (Phi) is 46.0. The van der Waals surface area contributed by atoms with Gasteiger partial charge in [0.2, 0.25) is 23.6 Å². The van der Waals surface area contributed by atoms with Gasteiger partial charge in [-0.25, -0.2) is 24.2 Å². The Morgan fingerprint density at radius 3 is 1.94 bits per heavy atom. The smallest absolute Gasteiger partial charge is 0.327 e. The minimum Gasteiger partial charge on any atom is -0.508 e. The molecule has 664 valence electrons. The van der Waals surface area contributed by atoms with Crippen LogP contribution >= 0.6 is 32.9 Å². The number of carboxylic acid groups (broad SMARTS) is 5. The Morgan fingerprint density at radius 1 is 0.658 bits per heavy atom. The Balaban J connectivity index is 1.29. The molecule has 1 aliphatic rings. The highest BCUT2D eigenvalue weighted by molar-refractivity contribution is 8.76. The van der Waals surface area contributed by atoms with Crippen molar-refractivity contribution in [3.8, 4) is 5.75 Å². The summed E-state index contributed by atoms with van der Waals surface area (Å²) in [5, 5.41) is 76.5. The van der Waals surface area contributed by atoms with Crippen LogP contribution in [0.15, 0.2) is 53.9 Å². The van der Waals surface area contributed by atoms with E-state index < -0.39 is 176 Å². The minimum atomic E-state index is -1.75. The molecule has 0 saturated carbocycles. The highest BCUT2D eigenvalue weighted by Crippen LogP contribution is 2.35. The van der Waals surface area contributed by atoms with Crippen molar-refractivity contribution < 1.29 is 126 Å². The first-order valence-electron chi connectivity index (χ1n) is 40.1. The Hall–Kier alpha value is -10.3. The largest absolute Gasteiger partial charge is 0.508 e. The fourth-order valence-electron chi connectivity index (χ4n) is 13.2. The SMILES string of the molecule is CCCC(=O)OCN(C(=O)[C@@H](CC(=O)[C@H]1CCCCN1C)C(C)CC)[C@H](C[C@@H](OC(C)=O)c1nc(C(=O)C[C@@H](Cc2ccc(O)cc2)C[C@H](C)C(=O)NCC(=O)OCCSSC[C@H](NC(=O)[C@H](CC(=O)O)CC(=O)[C@H](CC(=O)O)NC(=O)Cc2ccc(CNC(=O)NCCCC[C@H](NC(=O)NCCCC(=O)O)C(=O)O)cc2)C(=O)O)cs1)C(C)C. The third kappa shape index (κ3) is 38.8. The lowest BCUT2D eigenvalue weighted by atomic mass is 9.82. The molecule has 1 aromatic heterocycles. The summed E-state index contributed by atoms with van der Waals surface area (Å²) in [4.78, 5) is 227. The molecule has 4 rings (SSSR count). The number of ketones is 3.